The maximum atomic E-state index is 12.6. The minimum absolute atomic E-state index is 0.0667. The lowest BCUT2D eigenvalue weighted by molar-refractivity contribution is -0.383. The van der Waals surface area contributed by atoms with Crippen molar-refractivity contribution in [3.05, 3.63) is 45.0 Å². The van der Waals surface area contributed by atoms with Crippen molar-refractivity contribution in [2.75, 3.05) is 36.6 Å². The molecule has 0 spiro atoms. The third kappa shape index (κ3) is 7.21. The lowest BCUT2D eigenvalue weighted by atomic mass is 9.97. The highest BCUT2D eigenvalue weighted by molar-refractivity contribution is 7.98. The molecule has 0 saturated carbocycles. The standard InChI is InChI=1S/C24H32N6O6S/c1-6-35-18(31)14-29(21-19(30(33)34)20(25)26-22(27-21)37-5)12-15-7-8-16-9-10-28(13-17(16)11-15)23(32)36-24(2,3)4/h7-8,11H,6,9-10,12-14H2,1-5H3,(H2,25,26,27). The predicted octanol–water partition coefficient (Wildman–Crippen LogP) is 3.55. The summed E-state index contributed by atoms with van der Waals surface area (Å²) in [5.41, 5.74) is 7.63. The van der Waals surface area contributed by atoms with Gasteiger partial charge in [-0.2, -0.15) is 9.97 Å². The van der Waals surface area contributed by atoms with Crippen LogP contribution in [0.3, 0.4) is 0 Å². The van der Waals surface area contributed by atoms with E-state index in [9.17, 15) is 19.7 Å². The van der Waals surface area contributed by atoms with Crippen molar-refractivity contribution in [3.63, 3.8) is 0 Å². The molecule has 3 rings (SSSR count). The van der Waals surface area contributed by atoms with Gasteiger partial charge in [-0.05, 0) is 57.1 Å². The first-order valence-electron chi connectivity index (χ1n) is 11.8. The number of carbonyl (C=O) groups is 2. The van der Waals surface area contributed by atoms with Crippen LogP contribution >= 0.6 is 11.8 Å². The van der Waals surface area contributed by atoms with Gasteiger partial charge in [0.2, 0.25) is 11.6 Å². The van der Waals surface area contributed by atoms with Crippen LogP contribution in [-0.4, -0.2) is 63.4 Å². The van der Waals surface area contributed by atoms with E-state index in [1.807, 2.05) is 39.0 Å². The van der Waals surface area contributed by atoms with E-state index in [4.69, 9.17) is 15.2 Å². The molecule has 0 unspecified atom stereocenters. The van der Waals surface area contributed by atoms with Crippen LogP contribution in [0, 0.1) is 10.1 Å². The number of esters is 1. The second kappa shape index (κ2) is 11.6. The fourth-order valence-electron chi connectivity index (χ4n) is 3.91. The Morgan fingerprint density at radius 1 is 1.27 bits per heavy atom. The van der Waals surface area contributed by atoms with Crippen LogP contribution in [-0.2, 0) is 33.8 Å². The number of hydrogen-bond acceptors (Lipinski definition) is 11. The summed E-state index contributed by atoms with van der Waals surface area (Å²) in [5, 5.41) is 12.1. The van der Waals surface area contributed by atoms with E-state index >= 15 is 0 Å². The first kappa shape index (κ1) is 28.0. The van der Waals surface area contributed by atoms with Crippen molar-refractivity contribution in [1.29, 1.82) is 0 Å². The fourth-order valence-corrected chi connectivity index (χ4v) is 4.27. The summed E-state index contributed by atoms with van der Waals surface area (Å²) in [5.74, 6) is -0.914. The first-order valence-corrected chi connectivity index (χ1v) is 13.0. The van der Waals surface area contributed by atoms with Crippen LogP contribution in [0.1, 0.15) is 44.4 Å². The Balaban J connectivity index is 1.95. The smallest absolute Gasteiger partial charge is 0.410 e. The molecule has 0 saturated heterocycles. The molecule has 0 fully saturated rings. The molecule has 0 aliphatic carbocycles. The number of nitrogens with zero attached hydrogens (tertiary/aromatic N) is 5. The van der Waals surface area contributed by atoms with Gasteiger partial charge in [-0.1, -0.05) is 30.0 Å². The number of nitrogen functional groups attached to an aromatic ring is 1. The second-order valence-corrected chi connectivity index (χ2v) is 10.2. The van der Waals surface area contributed by atoms with Gasteiger partial charge in [0.1, 0.15) is 12.1 Å². The molecule has 2 heterocycles. The van der Waals surface area contributed by atoms with E-state index < -0.39 is 22.2 Å². The van der Waals surface area contributed by atoms with Crippen LogP contribution < -0.4 is 10.6 Å². The summed E-state index contributed by atoms with van der Waals surface area (Å²) in [6.45, 7) is 8.05. The number of nitro groups is 1. The van der Waals surface area contributed by atoms with E-state index in [0.717, 1.165) is 16.7 Å². The molecular formula is C24H32N6O6S. The van der Waals surface area contributed by atoms with E-state index in [0.29, 0.717) is 19.5 Å². The number of amides is 1. The van der Waals surface area contributed by atoms with Crippen LogP contribution in [0.25, 0.3) is 0 Å². The monoisotopic (exact) mass is 532 g/mol. The van der Waals surface area contributed by atoms with Gasteiger partial charge in [-0.3, -0.25) is 14.9 Å². The normalized spacial score (nSPS) is 13.1. The van der Waals surface area contributed by atoms with Crippen molar-refractivity contribution >= 4 is 41.1 Å². The average Bonchev–Trinajstić information content (AvgIpc) is 2.81. The number of thioether (sulfide) groups is 1. The molecular weight excluding hydrogens is 500 g/mol. The lowest BCUT2D eigenvalue weighted by Gasteiger charge is -2.31. The number of fused-ring (bicyclic) bond motifs is 1. The van der Waals surface area contributed by atoms with Gasteiger partial charge < -0.3 is 25.0 Å². The van der Waals surface area contributed by atoms with E-state index in [1.165, 1.54) is 16.7 Å². The average molecular weight is 533 g/mol. The molecule has 2 aromatic rings. The topological polar surface area (TPSA) is 154 Å². The van der Waals surface area contributed by atoms with Crippen molar-refractivity contribution in [2.45, 2.75) is 58.0 Å². The fraction of sp³-hybridized carbons (Fsp3) is 0.500. The highest BCUT2D eigenvalue weighted by atomic mass is 32.2. The Hall–Kier alpha value is -3.61. The summed E-state index contributed by atoms with van der Waals surface area (Å²) < 4.78 is 10.6. The molecule has 37 heavy (non-hydrogen) atoms. The van der Waals surface area contributed by atoms with Crippen LogP contribution in [0.4, 0.5) is 22.1 Å². The number of benzene rings is 1. The Kier molecular flexibility index (Phi) is 8.79. The predicted molar refractivity (Wildman–Crippen MR) is 139 cm³/mol. The molecule has 0 bridgehead atoms. The Morgan fingerprint density at radius 3 is 2.62 bits per heavy atom. The molecule has 1 amide bonds. The molecule has 13 heteroatoms. The van der Waals surface area contributed by atoms with Crippen molar-refractivity contribution in [3.8, 4) is 0 Å². The third-order valence-corrected chi connectivity index (χ3v) is 6.02. The molecule has 12 nitrogen and oxygen atoms in total. The maximum absolute atomic E-state index is 12.6. The summed E-state index contributed by atoms with van der Waals surface area (Å²) in [7, 11) is 0. The zero-order chi connectivity index (χ0) is 27.3. The molecule has 1 aromatic carbocycles. The molecule has 0 radical (unpaired) electrons. The minimum atomic E-state index is -0.654. The number of rotatable bonds is 8. The van der Waals surface area contributed by atoms with Gasteiger partial charge in [-0.15, -0.1) is 0 Å². The van der Waals surface area contributed by atoms with E-state index in [1.54, 1.807) is 18.1 Å². The SMILES string of the molecule is CCOC(=O)CN(Cc1ccc2c(c1)CN(C(=O)OC(C)(C)C)CC2)c1nc(SC)nc(N)c1[N+](=O)[O-]. The van der Waals surface area contributed by atoms with Gasteiger partial charge in [-0.25, -0.2) is 4.79 Å². The van der Waals surface area contributed by atoms with Gasteiger partial charge in [0, 0.05) is 19.6 Å². The largest absolute Gasteiger partial charge is 0.465 e. The maximum Gasteiger partial charge on any atom is 0.410 e. The zero-order valence-electron chi connectivity index (χ0n) is 21.6. The van der Waals surface area contributed by atoms with Gasteiger partial charge in [0.15, 0.2) is 5.16 Å². The molecule has 2 N–H and O–H groups in total. The summed E-state index contributed by atoms with van der Waals surface area (Å²) >= 11 is 1.18. The number of nitrogens with two attached hydrogens (primary N) is 1. The zero-order valence-corrected chi connectivity index (χ0v) is 22.5. The highest BCUT2D eigenvalue weighted by Gasteiger charge is 2.30. The van der Waals surface area contributed by atoms with Crippen LogP contribution in [0.2, 0.25) is 0 Å². The van der Waals surface area contributed by atoms with Gasteiger partial charge >= 0.3 is 17.7 Å². The first-order chi connectivity index (χ1) is 17.4. The summed E-state index contributed by atoms with van der Waals surface area (Å²) in [4.78, 5) is 47.6. The quantitative estimate of drug-likeness (QED) is 0.174. The van der Waals surface area contributed by atoms with Gasteiger partial charge in [0.25, 0.3) is 0 Å². The van der Waals surface area contributed by atoms with Crippen LogP contribution in [0.15, 0.2) is 23.4 Å². The van der Waals surface area contributed by atoms with Crippen molar-refractivity contribution in [1.82, 2.24) is 14.9 Å². The van der Waals surface area contributed by atoms with Gasteiger partial charge in [0.05, 0.1) is 11.5 Å². The minimum Gasteiger partial charge on any atom is -0.465 e. The number of hydrogen-bond donors (Lipinski definition) is 1. The van der Waals surface area contributed by atoms with Crippen molar-refractivity contribution in [2.24, 2.45) is 0 Å². The Labute approximate surface area is 219 Å². The number of carbonyl (C=O) groups excluding carboxylic acids is 2. The molecule has 1 aromatic heterocycles. The third-order valence-electron chi connectivity index (χ3n) is 5.47. The number of ether oxygens (including phenoxy) is 2. The summed E-state index contributed by atoms with van der Waals surface area (Å²) in [6.07, 6.45) is 2.01. The lowest BCUT2D eigenvalue weighted by Crippen LogP contribution is -2.40. The number of aromatic nitrogens is 2. The molecule has 200 valence electrons. The summed E-state index contributed by atoms with van der Waals surface area (Å²) in [6, 6.07) is 5.79. The Morgan fingerprint density at radius 2 is 2.00 bits per heavy atom. The highest BCUT2D eigenvalue weighted by Crippen LogP contribution is 2.34. The van der Waals surface area contributed by atoms with E-state index in [-0.39, 0.29) is 42.6 Å². The van der Waals surface area contributed by atoms with Crippen LogP contribution in [0.5, 0.6) is 0 Å². The molecule has 1 aliphatic rings. The molecule has 0 atom stereocenters. The second-order valence-electron chi connectivity index (χ2n) is 9.44. The van der Waals surface area contributed by atoms with E-state index in [2.05, 4.69) is 9.97 Å². The molecule has 1 aliphatic heterocycles. The number of anilines is 2. The Bertz CT molecular complexity index is 1190. The van der Waals surface area contributed by atoms with Crippen molar-refractivity contribution < 1.29 is 24.0 Å².